The molecule has 0 bridgehead atoms. The molecule has 0 aliphatic rings. The van der Waals surface area contributed by atoms with Crippen molar-refractivity contribution < 1.29 is 13.2 Å². The Morgan fingerprint density at radius 3 is 2.63 bits per heavy atom. The summed E-state index contributed by atoms with van der Waals surface area (Å²) >= 11 is 7.45. The van der Waals surface area contributed by atoms with E-state index in [2.05, 4.69) is 39.2 Å². The van der Waals surface area contributed by atoms with Crippen LogP contribution in [0.25, 0.3) is 10.4 Å². The molecule has 2 heterocycles. The lowest BCUT2D eigenvalue weighted by atomic mass is 10.1. The number of amides is 1. The van der Waals surface area contributed by atoms with Crippen LogP contribution in [-0.4, -0.2) is 36.2 Å². The molecule has 2 aromatic heterocycles. The number of hydrogen-bond donors (Lipinski definition) is 3. The molecule has 0 saturated heterocycles. The topological polar surface area (TPSA) is 113 Å². The first-order valence-corrected chi connectivity index (χ1v) is 12.4. The summed E-state index contributed by atoms with van der Waals surface area (Å²) in [5.41, 5.74) is 1.56. The Labute approximate surface area is 186 Å². The van der Waals surface area contributed by atoms with Gasteiger partial charge in [-0.2, -0.15) is 0 Å². The van der Waals surface area contributed by atoms with Crippen LogP contribution >= 0.6 is 22.9 Å². The van der Waals surface area contributed by atoms with Gasteiger partial charge in [0.2, 0.25) is 15.9 Å². The average molecular weight is 474 g/mol. The normalized spacial score (nSPS) is 12.8. The van der Waals surface area contributed by atoms with Gasteiger partial charge in [-0.15, -0.1) is 0 Å². The SMILES string of the molecule is CCC(NCCC(C)C)S(=O)(=O)Nc1cc(-c2sc(NC(C)=O)nc2C)cnc1Cl. The highest BCUT2D eigenvalue weighted by Gasteiger charge is 2.25. The molecule has 0 spiro atoms. The molecule has 0 saturated carbocycles. The fourth-order valence-electron chi connectivity index (χ4n) is 2.74. The van der Waals surface area contributed by atoms with Gasteiger partial charge in [-0.05, 0) is 38.3 Å². The lowest BCUT2D eigenvalue weighted by Gasteiger charge is -2.20. The zero-order chi connectivity index (χ0) is 22.5. The van der Waals surface area contributed by atoms with Crippen molar-refractivity contribution in [2.75, 3.05) is 16.6 Å². The van der Waals surface area contributed by atoms with Crippen molar-refractivity contribution in [2.45, 2.75) is 52.8 Å². The quantitative estimate of drug-likeness (QED) is 0.445. The molecule has 0 radical (unpaired) electrons. The first kappa shape index (κ1) is 24.5. The first-order valence-electron chi connectivity index (χ1n) is 9.69. The van der Waals surface area contributed by atoms with E-state index in [1.165, 1.54) is 18.3 Å². The fourth-order valence-corrected chi connectivity index (χ4v) is 5.32. The largest absolute Gasteiger partial charge is 0.302 e. The number of rotatable bonds is 10. The molecule has 0 aliphatic carbocycles. The van der Waals surface area contributed by atoms with E-state index < -0.39 is 15.4 Å². The summed E-state index contributed by atoms with van der Waals surface area (Å²) < 4.78 is 28.3. The number of thiazole rings is 1. The van der Waals surface area contributed by atoms with Crippen molar-refractivity contribution in [3.63, 3.8) is 0 Å². The molecule has 8 nitrogen and oxygen atoms in total. The van der Waals surface area contributed by atoms with Crippen molar-refractivity contribution in [1.29, 1.82) is 0 Å². The maximum absolute atomic E-state index is 12.9. The van der Waals surface area contributed by atoms with Crippen LogP contribution in [0, 0.1) is 12.8 Å². The Hall–Kier alpha value is -1.75. The summed E-state index contributed by atoms with van der Waals surface area (Å²) in [7, 11) is -3.72. The van der Waals surface area contributed by atoms with Gasteiger partial charge < -0.3 is 5.32 Å². The van der Waals surface area contributed by atoms with E-state index in [1.807, 2.05) is 6.92 Å². The monoisotopic (exact) mass is 473 g/mol. The highest BCUT2D eigenvalue weighted by atomic mass is 35.5. The molecule has 11 heteroatoms. The van der Waals surface area contributed by atoms with Crippen LogP contribution in [0.5, 0.6) is 0 Å². The maximum Gasteiger partial charge on any atom is 0.248 e. The van der Waals surface area contributed by atoms with E-state index in [0.717, 1.165) is 11.3 Å². The lowest BCUT2D eigenvalue weighted by molar-refractivity contribution is -0.114. The molecular weight excluding hydrogens is 446 g/mol. The van der Waals surface area contributed by atoms with Gasteiger partial charge in [0.15, 0.2) is 10.3 Å². The van der Waals surface area contributed by atoms with E-state index in [9.17, 15) is 13.2 Å². The number of nitrogens with zero attached hydrogens (tertiary/aromatic N) is 2. The van der Waals surface area contributed by atoms with Crippen molar-refractivity contribution in [2.24, 2.45) is 5.92 Å². The van der Waals surface area contributed by atoms with Gasteiger partial charge in [0, 0.05) is 18.7 Å². The third-order valence-electron chi connectivity index (χ3n) is 4.27. The zero-order valence-corrected chi connectivity index (χ0v) is 20.1. The number of halogens is 1. The number of carbonyl (C=O) groups is 1. The number of hydrogen-bond acceptors (Lipinski definition) is 7. The van der Waals surface area contributed by atoms with Crippen molar-refractivity contribution >= 4 is 49.7 Å². The predicted molar refractivity (Wildman–Crippen MR) is 123 cm³/mol. The van der Waals surface area contributed by atoms with Gasteiger partial charge >= 0.3 is 0 Å². The second-order valence-corrected chi connectivity index (χ2v) is 10.6. The molecule has 0 aromatic carbocycles. The van der Waals surface area contributed by atoms with E-state index in [-0.39, 0.29) is 16.7 Å². The molecule has 1 atom stereocenters. The van der Waals surface area contributed by atoms with Gasteiger partial charge in [0.25, 0.3) is 0 Å². The van der Waals surface area contributed by atoms with E-state index in [0.29, 0.717) is 35.3 Å². The number of pyridine rings is 1. The van der Waals surface area contributed by atoms with Crippen molar-refractivity contribution in [1.82, 2.24) is 15.3 Å². The zero-order valence-electron chi connectivity index (χ0n) is 17.7. The number of aryl methyl sites for hydroxylation is 1. The van der Waals surface area contributed by atoms with Crippen LogP contribution in [0.2, 0.25) is 5.15 Å². The van der Waals surface area contributed by atoms with Crippen molar-refractivity contribution in [3.05, 3.63) is 23.1 Å². The standard InChI is InChI=1S/C19H28ClN5O3S2/c1-6-16(21-8-7-11(2)3)30(27,28)25-15-9-14(10-22-18(15)20)17-12(4)23-19(29-17)24-13(5)26/h9-11,16,21,25H,6-8H2,1-5H3,(H,23,24,26). The summed E-state index contributed by atoms with van der Waals surface area (Å²) in [5, 5.41) is 5.53. The summed E-state index contributed by atoms with van der Waals surface area (Å²) in [6.07, 6.45) is 2.84. The third kappa shape index (κ3) is 6.63. The van der Waals surface area contributed by atoms with Crippen LogP contribution < -0.4 is 15.4 Å². The highest BCUT2D eigenvalue weighted by molar-refractivity contribution is 7.93. The van der Waals surface area contributed by atoms with Crippen LogP contribution in [0.3, 0.4) is 0 Å². The molecule has 166 valence electrons. The molecule has 0 aliphatic heterocycles. The van der Waals surface area contributed by atoms with E-state index in [1.54, 1.807) is 19.2 Å². The Morgan fingerprint density at radius 1 is 1.33 bits per heavy atom. The number of anilines is 2. The van der Waals surface area contributed by atoms with Gasteiger partial charge in [-0.3, -0.25) is 14.8 Å². The molecule has 2 rings (SSSR count). The van der Waals surface area contributed by atoms with Crippen LogP contribution in [-0.2, 0) is 14.8 Å². The fraction of sp³-hybridized carbons (Fsp3) is 0.526. The summed E-state index contributed by atoms with van der Waals surface area (Å²) in [5.74, 6) is 0.263. The molecule has 1 unspecified atom stereocenters. The average Bonchev–Trinajstić information content (AvgIpc) is 2.99. The van der Waals surface area contributed by atoms with Gasteiger partial charge in [0.05, 0.1) is 16.3 Å². The van der Waals surface area contributed by atoms with Gasteiger partial charge in [-0.1, -0.05) is 43.7 Å². The minimum Gasteiger partial charge on any atom is -0.302 e. The number of sulfonamides is 1. The minimum atomic E-state index is -3.72. The van der Waals surface area contributed by atoms with Gasteiger partial charge in [-0.25, -0.2) is 18.4 Å². The van der Waals surface area contributed by atoms with Gasteiger partial charge in [0.1, 0.15) is 5.37 Å². The maximum atomic E-state index is 12.9. The molecule has 0 fully saturated rings. The number of nitrogens with one attached hydrogen (secondary N) is 3. The number of carbonyl (C=O) groups excluding carboxylic acids is 1. The van der Waals surface area contributed by atoms with E-state index >= 15 is 0 Å². The second-order valence-electron chi connectivity index (χ2n) is 7.36. The smallest absolute Gasteiger partial charge is 0.248 e. The van der Waals surface area contributed by atoms with Crippen LogP contribution in [0.1, 0.15) is 46.2 Å². The lowest BCUT2D eigenvalue weighted by Crippen LogP contribution is -2.40. The molecule has 2 aromatic rings. The number of aromatic nitrogens is 2. The summed E-state index contributed by atoms with van der Waals surface area (Å²) in [6, 6.07) is 1.63. The Morgan fingerprint density at radius 2 is 2.03 bits per heavy atom. The molecule has 1 amide bonds. The minimum absolute atomic E-state index is 0.0589. The van der Waals surface area contributed by atoms with Crippen LogP contribution in [0.15, 0.2) is 12.3 Å². The van der Waals surface area contributed by atoms with Crippen LogP contribution in [0.4, 0.5) is 10.8 Å². The second kappa shape index (κ2) is 10.5. The molecule has 30 heavy (non-hydrogen) atoms. The Bertz CT molecular complexity index is 992. The summed E-state index contributed by atoms with van der Waals surface area (Å²) in [4.78, 5) is 20.5. The summed E-state index contributed by atoms with van der Waals surface area (Å²) in [6.45, 7) is 9.81. The first-order chi connectivity index (χ1) is 14.0. The molecular formula is C19H28ClN5O3S2. The third-order valence-corrected chi connectivity index (χ3v) is 7.45. The Balaban J connectivity index is 2.26. The highest BCUT2D eigenvalue weighted by Crippen LogP contribution is 2.35. The molecule has 3 N–H and O–H groups in total. The Kier molecular flexibility index (Phi) is 8.60. The van der Waals surface area contributed by atoms with Crippen molar-refractivity contribution in [3.8, 4) is 10.4 Å². The van der Waals surface area contributed by atoms with E-state index in [4.69, 9.17) is 11.6 Å². The predicted octanol–water partition coefficient (Wildman–Crippen LogP) is 4.24.